The standard InChI is InChI=1S/C27H30N4O7S/c1-4-5-16-38-24-11-7-21(8-12-24)18-28-29-27(32)19-30(22-9-13-23(37-3)14-10-22)39(35,36)25-15-6-20(2)26(17-25)31(33)34/h6-15,17-18H,4-5,16,19H2,1-3H3,(H,29,32)/b28-18-. The van der Waals surface area contributed by atoms with Gasteiger partial charge in [0.2, 0.25) is 0 Å². The minimum Gasteiger partial charge on any atom is -0.497 e. The highest BCUT2D eigenvalue weighted by atomic mass is 32.2. The first kappa shape index (κ1) is 29.1. The molecule has 0 spiro atoms. The van der Waals surface area contributed by atoms with E-state index in [4.69, 9.17) is 9.47 Å². The Labute approximate surface area is 227 Å². The van der Waals surface area contributed by atoms with E-state index in [9.17, 15) is 23.3 Å². The smallest absolute Gasteiger partial charge is 0.273 e. The van der Waals surface area contributed by atoms with E-state index in [1.807, 2.05) is 0 Å². The average molecular weight is 555 g/mol. The third kappa shape index (κ3) is 7.77. The molecule has 0 saturated carbocycles. The molecule has 0 fully saturated rings. The largest absolute Gasteiger partial charge is 0.497 e. The highest BCUT2D eigenvalue weighted by Crippen LogP contribution is 2.29. The molecule has 0 unspecified atom stereocenters. The Balaban J connectivity index is 1.80. The van der Waals surface area contributed by atoms with Gasteiger partial charge in [-0.1, -0.05) is 19.4 Å². The van der Waals surface area contributed by atoms with E-state index in [0.717, 1.165) is 29.0 Å². The second-order valence-electron chi connectivity index (χ2n) is 8.48. The Bertz CT molecular complexity index is 1420. The quantitative estimate of drug-likeness (QED) is 0.143. The molecule has 1 amide bonds. The van der Waals surface area contributed by atoms with Crippen molar-refractivity contribution in [1.82, 2.24) is 5.43 Å². The first-order valence-electron chi connectivity index (χ1n) is 12.1. The van der Waals surface area contributed by atoms with E-state index in [1.165, 1.54) is 44.5 Å². The summed E-state index contributed by atoms with van der Waals surface area (Å²) in [6.45, 7) is 3.59. The number of nitro benzene ring substituents is 1. The normalized spacial score (nSPS) is 11.3. The van der Waals surface area contributed by atoms with Crippen LogP contribution < -0.4 is 19.2 Å². The number of ether oxygens (including phenoxy) is 2. The number of benzene rings is 3. The van der Waals surface area contributed by atoms with Crippen LogP contribution >= 0.6 is 0 Å². The van der Waals surface area contributed by atoms with Crippen LogP contribution in [0, 0.1) is 17.0 Å². The summed E-state index contributed by atoms with van der Waals surface area (Å²) in [7, 11) is -2.91. The summed E-state index contributed by atoms with van der Waals surface area (Å²) in [6, 6.07) is 16.7. The number of aryl methyl sites for hydroxylation is 1. The number of unbranched alkanes of at least 4 members (excludes halogenated alkanes) is 1. The fourth-order valence-corrected chi connectivity index (χ4v) is 4.91. The SMILES string of the molecule is CCCCOc1ccc(/C=N\NC(=O)CN(c2ccc(OC)cc2)S(=O)(=O)c2ccc(C)c([N+](=O)[O-])c2)cc1. The maximum atomic E-state index is 13.6. The second kappa shape index (κ2) is 13.4. The van der Waals surface area contributed by atoms with Crippen LogP contribution in [-0.2, 0) is 14.8 Å². The lowest BCUT2D eigenvalue weighted by Gasteiger charge is -2.24. The van der Waals surface area contributed by atoms with Crippen molar-refractivity contribution in [2.24, 2.45) is 5.10 Å². The Morgan fingerprint density at radius 1 is 1.08 bits per heavy atom. The zero-order valence-corrected chi connectivity index (χ0v) is 22.7. The molecule has 0 aliphatic heterocycles. The van der Waals surface area contributed by atoms with Crippen LogP contribution in [0.3, 0.4) is 0 Å². The van der Waals surface area contributed by atoms with Gasteiger partial charge in [-0.05, 0) is 73.5 Å². The monoisotopic (exact) mass is 554 g/mol. The second-order valence-corrected chi connectivity index (χ2v) is 10.3. The van der Waals surface area contributed by atoms with Crippen LogP contribution in [0.1, 0.15) is 30.9 Å². The topological polar surface area (TPSA) is 140 Å². The van der Waals surface area contributed by atoms with Crippen molar-refractivity contribution < 1.29 is 27.6 Å². The molecular weight excluding hydrogens is 524 g/mol. The number of carbonyl (C=O) groups is 1. The number of rotatable bonds is 13. The summed E-state index contributed by atoms with van der Waals surface area (Å²) < 4.78 is 38.8. The van der Waals surface area contributed by atoms with Crippen molar-refractivity contribution in [3.05, 3.63) is 88.0 Å². The van der Waals surface area contributed by atoms with E-state index >= 15 is 0 Å². The Kier molecular flexibility index (Phi) is 9.98. The van der Waals surface area contributed by atoms with E-state index in [0.29, 0.717) is 23.5 Å². The average Bonchev–Trinajstić information content (AvgIpc) is 2.92. The zero-order valence-electron chi connectivity index (χ0n) is 21.9. The number of amides is 1. The number of nitrogens with zero attached hydrogens (tertiary/aromatic N) is 3. The summed E-state index contributed by atoms with van der Waals surface area (Å²) in [6.07, 6.45) is 3.41. The van der Waals surface area contributed by atoms with Crippen molar-refractivity contribution in [3.63, 3.8) is 0 Å². The molecule has 12 heteroatoms. The first-order valence-corrected chi connectivity index (χ1v) is 13.6. The Morgan fingerprint density at radius 2 is 1.74 bits per heavy atom. The predicted octanol–water partition coefficient (Wildman–Crippen LogP) is 4.44. The van der Waals surface area contributed by atoms with Gasteiger partial charge in [0, 0.05) is 11.6 Å². The van der Waals surface area contributed by atoms with E-state index in [2.05, 4.69) is 17.5 Å². The van der Waals surface area contributed by atoms with Crippen LogP contribution in [0.15, 0.2) is 76.7 Å². The van der Waals surface area contributed by atoms with Gasteiger partial charge in [0.25, 0.3) is 21.6 Å². The molecule has 0 heterocycles. The zero-order chi connectivity index (χ0) is 28.4. The van der Waals surface area contributed by atoms with Gasteiger partial charge < -0.3 is 9.47 Å². The molecule has 3 aromatic rings. The molecule has 0 radical (unpaired) electrons. The molecule has 1 N–H and O–H groups in total. The van der Waals surface area contributed by atoms with Crippen LogP contribution in [-0.4, -0.2) is 45.7 Å². The van der Waals surface area contributed by atoms with Crippen molar-refractivity contribution in [2.45, 2.75) is 31.6 Å². The molecule has 0 bridgehead atoms. The van der Waals surface area contributed by atoms with Gasteiger partial charge >= 0.3 is 0 Å². The number of hydrogen-bond donors (Lipinski definition) is 1. The van der Waals surface area contributed by atoms with Gasteiger partial charge in [0.15, 0.2) is 0 Å². The fraction of sp³-hybridized carbons (Fsp3) is 0.259. The summed E-state index contributed by atoms with van der Waals surface area (Å²) in [5.74, 6) is 0.492. The number of anilines is 1. The predicted molar refractivity (Wildman–Crippen MR) is 148 cm³/mol. The minimum atomic E-state index is -4.37. The number of hydrazone groups is 1. The molecule has 3 aromatic carbocycles. The van der Waals surface area contributed by atoms with Crippen molar-refractivity contribution >= 4 is 33.5 Å². The van der Waals surface area contributed by atoms with Crippen molar-refractivity contribution in [3.8, 4) is 11.5 Å². The number of methoxy groups -OCH3 is 1. The molecule has 3 rings (SSSR count). The summed E-state index contributed by atoms with van der Waals surface area (Å²) in [4.78, 5) is 23.2. The molecular formula is C27H30N4O7S. The highest BCUT2D eigenvalue weighted by molar-refractivity contribution is 7.92. The molecule has 206 valence electrons. The molecule has 0 aliphatic rings. The lowest BCUT2D eigenvalue weighted by atomic mass is 10.2. The van der Waals surface area contributed by atoms with Gasteiger partial charge in [-0.2, -0.15) is 5.10 Å². The lowest BCUT2D eigenvalue weighted by molar-refractivity contribution is -0.385. The molecule has 0 saturated heterocycles. The van der Waals surface area contributed by atoms with Crippen LogP contribution in [0.4, 0.5) is 11.4 Å². The first-order chi connectivity index (χ1) is 18.6. The molecule has 39 heavy (non-hydrogen) atoms. The third-order valence-corrected chi connectivity index (χ3v) is 7.43. The number of carbonyl (C=O) groups excluding carboxylic acids is 1. The number of nitrogens with one attached hydrogen (secondary N) is 1. The van der Waals surface area contributed by atoms with Crippen LogP contribution in [0.5, 0.6) is 11.5 Å². The Hall–Kier alpha value is -4.45. The van der Waals surface area contributed by atoms with E-state index in [1.54, 1.807) is 36.4 Å². The van der Waals surface area contributed by atoms with Gasteiger partial charge in [-0.3, -0.25) is 19.2 Å². The van der Waals surface area contributed by atoms with Crippen molar-refractivity contribution in [1.29, 1.82) is 0 Å². The molecule has 0 aromatic heterocycles. The van der Waals surface area contributed by atoms with Gasteiger partial charge in [0.1, 0.15) is 18.0 Å². The highest BCUT2D eigenvalue weighted by Gasteiger charge is 2.29. The summed E-state index contributed by atoms with van der Waals surface area (Å²) >= 11 is 0. The maximum Gasteiger partial charge on any atom is 0.273 e. The van der Waals surface area contributed by atoms with Crippen LogP contribution in [0.25, 0.3) is 0 Å². The van der Waals surface area contributed by atoms with Gasteiger partial charge in [0.05, 0.1) is 35.4 Å². The van der Waals surface area contributed by atoms with Crippen molar-refractivity contribution in [2.75, 3.05) is 24.6 Å². The van der Waals surface area contributed by atoms with Gasteiger partial charge in [-0.15, -0.1) is 0 Å². The maximum absolute atomic E-state index is 13.6. The molecule has 0 atom stereocenters. The number of hydrogen-bond acceptors (Lipinski definition) is 8. The van der Waals surface area contributed by atoms with Gasteiger partial charge in [-0.25, -0.2) is 13.8 Å². The summed E-state index contributed by atoms with van der Waals surface area (Å²) in [5.41, 5.74) is 3.16. The third-order valence-electron chi connectivity index (χ3n) is 5.66. The molecule has 0 aliphatic carbocycles. The van der Waals surface area contributed by atoms with E-state index in [-0.39, 0.29) is 16.3 Å². The number of nitro groups is 1. The fourth-order valence-electron chi connectivity index (χ4n) is 3.47. The number of sulfonamides is 1. The minimum absolute atomic E-state index is 0.164. The lowest BCUT2D eigenvalue weighted by Crippen LogP contribution is -2.39. The Morgan fingerprint density at radius 3 is 2.36 bits per heavy atom. The van der Waals surface area contributed by atoms with E-state index < -0.39 is 27.4 Å². The van der Waals surface area contributed by atoms with Crippen LogP contribution in [0.2, 0.25) is 0 Å². The summed E-state index contributed by atoms with van der Waals surface area (Å²) in [5, 5.41) is 15.3. The molecule has 11 nitrogen and oxygen atoms in total.